The number of rotatable bonds is 9. The maximum Gasteiger partial charge on any atom is 0.163 e. The minimum Gasteiger partial charge on any atom is -0.490 e. The van der Waals surface area contributed by atoms with Crippen LogP contribution in [0.1, 0.15) is 18.4 Å². The summed E-state index contributed by atoms with van der Waals surface area (Å²) in [7, 11) is 0. The van der Waals surface area contributed by atoms with E-state index in [0.29, 0.717) is 60.6 Å². The van der Waals surface area contributed by atoms with E-state index in [1.807, 2.05) is 6.07 Å². The van der Waals surface area contributed by atoms with Gasteiger partial charge in [-0.2, -0.15) is 5.26 Å². The van der Waals surface area contributed by atoms with Crippen LogP contribution in [0.4, 0.5) is 5.69 Å². The second-order valence-corrected chi connectivity index (χ2v) is 4.64. The summed E-state index contributed by atoms with van der Waals surface area (Å²) in [4.78, 5) is 0. The molecule has 1 rings (SSSR count). The molecule has 0 radical (unpaired) electrons. The van der Waals surface area contributed by atoms with Crippen molar-refractivity contribution in [2.45, 2.75) is 12.8 Å². The number of benzene rings is 1. The molecule has 0 spiro atoms. The van der Waals surface area contributed by atoms with Gasteiger partial charge in [0.2, 0.25) is 0 Å². The minimum absolute atomic E-state index is 0.387. The number of anilines is 1. The molecule has 0 aliphatic heterocycles. The van der Waals surface area contributed by atoms with E-state index in [1.54, 1.807) is 12.1 Å². The normalized spacial score (nSPS) is 9.90. The van der Waals surface area contributed by atoms with Crippen LogP contribution in [0.3, 0.4) is 0 Å². The highest BCUT2D eigenvalue weighted by molar-refractivity contribution is 6.18. The van der Waals surface area contributed by atoms with Gasteiger partial charge in [0.1, 0.15) is 6.07 Å². The van der Waals surface area contributed by atoms with Gasteiger partial charge in [0.15, 0.2) is 11.5 Å². The van der Waals surface area contributed by atoms with Gasteiger partial charge in [-0.25, -0.2) is 0 Å². The van der Waals surface area contributed by atoms with Crippen molar-refractivity contribution >= 4 is 28.9 Å². The fraction of sp³-hybridized carbons (Fsp3) is 0.462. The van der Waals surface area contributed by atoms with Crippen LogP contribution in [-0.4, -0.2) is 25.0 Å². The first-order chi connectivity index (χ1) is 9.76. The van der Waals surface area contributed by atoms with Crippen molar-refractivity contribution in [3.8, 4) is 17.6 Å². The molecule has 0 aliphatic carbocycles. The summed E-state index contributed by atoms with van der Waals surface area (Å²) in [5.41, 5.74) is 3.34. The fourth-order valence-corrected chi connectivity index (χ4v) is 1.69. The lowest BCUT2D eigenvalue weighted by Gasteiger charge is -2.15. The predicted octanol–water partition coefficient (Wildman–Crippen LogP) is 2.86. The number of nitrogens with two attached hydrogens (primary N) is 1. The van der Waals surface area contributed by atoms with E-state index in [0.717, 1.165) is 0 Å². The number of hydrogen-bond donors (Lipinski definition) is 2. The Labute approximate surface area is 128 Å². The molecule has 0 amide bonds. The van der Waals surface area contributed by atoms with Gasteiger partial charge in [0.05, 0.1) is 24.5 Å². The topological polar surface area (TPSA) is 80.3 Å². The van der Waals surface area contributed by atoms with Crippen LogP contribution in [0.2, 0.25) is 0 Å². The third kappa shape index (κ3) is 4.97. The number of hydrazine groups is 1. The zero-order valence-electron chi connectivity index (χ0n) is 11.0. The van der Waals surface area contributed by atoms with Gasteiger partial charge in [-0.05, 0) is 12.8 Å². The lowest BCUT2D eigenvalue weighted by atomic mass is 10.1. The summed E-state index contributed by atoms with van der Waals surface area (Å²) >= 11 is 11.2. The summed E-state index contributed by atoms with van der Waals surface area (Å²) in [6.45, 7) is 0.918. The van der Waals surface area contributed by atoms with Crippen LogP contribution in [-0.2, 0) is 0 Å². The maximum atomic E-state index is 9.07. The van der Waals surface area contributed by atoms with Crippen molar-refractivity contribution < 1.29 is 9.47 Å². The number of nitrogen functional groups attached to an aromatic ring is 1. The Morgan fingerprint density at radius 3 is 2.10 bits per heavy atom. The van der Waals surface area contributed by atoms with Gasteiger partial charge >= 0.3 is 0 Å². The van der Waals surface area contributed by atoms with Gasteiger partial charge < -0.3 is 14.9 Å². The van der Waals surface area contributed by atoms with Gasteiger partial charge in [-0.3, -0.25) is 5.84 Å². The highest BCUT2D eigenvalue weighted by Gasteiger charge is 2.12. The van der Waals surface area contributed by atoms with Gasteiger partial charge in [0.25, 0.3) is 0 Å². The van der Waals surface area contributed by atoms with Gasteiger partial charge in [-0.1, -0.05) is 0 Å². The van der Waals surface area contributed by atoms with Crippen LogP contribution in [0, 0.1) is 11.3 Å². The van der Waals surface area contributed by atoms with Crippen molar-refractivity contribution in [3.05, 3.63) is 17.7 Å². The third-order valence-electron chi connectivity index (χ3n) is 2.43. The Morgan fingerprint density at radius 2 is 1.65 bits per heavy atom. The molecular formula is C13H17Cl2N3O2. The monoisotopic (exact) mass is 317 g/mol. The van der Waals surface area contributed by atoms with Crippen molar-refractivity contribution in [3.63, 3.8) is 0 Å². The van der Waals surface area contributed by atoms with E-state index in [2.05, 4.69) is 5.43 Å². The second-order valence-electron chi connectivity index (χ2n) is 3.88. The summed E-state index contributed by atoms with van der Waals surface area (Å²) in [6.07, 6.45) is 1.43. The minimum atomic E-state index is 0.387. The predicted molar refractivity (Wildman–Crippen MR) is 80.6 cm³/mol. The molecule has 0 fully saturated rings. The van der Waals surface area contributed by atoms with Crippen LogP contribution in [0.5, 0.6) is 11.5 Å². The standard InChI is InChI=1S/C13H17Cl2N3O2/c14-3-1-5-19-12-7-10(9-16)11(18-17)8-13(12)20-6-2-4-15/h7-8,18H,1-6,17H2. The number of nitriles is 1. The van der Waals surface area contributed by atoms with Crippen molar-refractivity contribution in [1.29, 1.82) is 5.26 Å². The lowest BCUT2D eigenvalue weighted by Crippen LogP contribution is -2.10. The highest BCUT2D eigenvalue weighted by atomic mass is 35.5. The van der Waals surface area contributed by atoms with Crippen molar-refractivity contribution in [1.82, 2.24) is 0 Å². The molecule has 20 heavy (non-hydrogen) atoms. The smallest absolute Gasteiger partial charge is 0.163 e. The lowest BCUT2D eigenvalue weighted by molar-refractivity contribution is 0.269. The number of alkyl halides is 2. The Hall–Kier alpha value is -1.35. The first kappa shape index (κ1) is 16.7. The average Bonchev–Trinajstić information content (AvgIpc) is 2.48. The summed E-state index contributed by atoms with van der Waals surface area (Å²) in [5.74, 6) is 7.44. The van der Waals surface area contributed by atoms with Crippen molar-refractivity contribution in [2.24, 2.45) is 5.84 Å². The van der Waals surface area contributed by atoms with Crippen LogP contribution in [0.25, 0.3) is 0 Å². The third-order valence-corrected chi connectivity index (χ3v) is 2.97. The zero-order valence-corrected chi connectivity index (χ0v) is 12.5. The molecule has 110 valence electrons. The summed E-state index contributed by atoms with van der Waals surface area (Å²) in [6, 6.07) is 5.28. The fourth-order valence-electron chi connectivity index (χ4n) is 1.47. The van der Waals surface area contributed by atoms with E-state index in [1.165, 1.54) is 0 Å². The number of hydrogen-bond acceptors (Lipinski definition) is 5. The Morgan fingerprint density at radius 1 is 1.10 bits per heavy atom. The van der Waals surface area contributed by atoms with Gasteiger partial charge in [0, 0.05) is 23.9 Å². The van der Waals surface area contributed by atoms with E-state index in [4.69, 9.17) is 43.8 Å². The number of halogens is 2. The molecule has 7 heteroatoms. The molecule has 0 saturated carbocycles. The van der Waals surface area contributed by atoms with E-state index < -0.39 is 0 Å². The second kappa shape index (κ2) is 9.54. The molecule has 3 N–H and O–H groups in total. The van der Waals surface area contributed by atoms with Crippen LogP contribution < -0.4 is 20.7 Å². The molecule has 0 aromatic heterocycles. The average molecular weight is 318 g/mol. The Kier molecular flexibility index (Phi) is 7.97. The number of ether oxygens (including phenoxy) is 2. The molecule has 5 nitrogen and oxygen atoms in total. The molecule has 1 aromatic carbocycles. The van der Waals surface area contributed by atoms with Crippen molar-refractivity contribution in [2.75, 3.05) is 30.4 Å². The molecule has 0 unspecified atom stereocenters. The first-order valence-electron chi connectivity index (χ1n) is 6.19. The SMILES string of the molecule is N#Cc1cc(OCCCCl)c(OCCCCl)cc1NN. The van der Waals surface area contributed by atoms with E-state index >= 15 is 0 Å². The van der Waals surface area contributed by atoms with E-state index in [-0.39, 0.29) is 0 Å². The summed E-state index contributed by atoms with van der Waals surface area (Å²) < 4.78 is 11.2. The Bertz CT molecular complexity index is 464. The molecule has 0 saturated heterocycles. The number of nitrogens with zero attached hydrogens (tertiary/aromatic N) is 1. The molecule has 0 bridgehead atoms. The zero-order chi connectivity index (χ0) is 14.8. The quantitative estimate of drug-likeness (QED) is 0.317. The largest absolute Gasteiger partial charge is 0.490 e. The summed E-state index contributed by atoms with van der Waals surface area (Å²) in [5, 5.41) is 9.07. The molecule has 0 atom stereocenters. The van der Waals surface area contributed by atoms with Gasteiger partial charge in [-0.15, -0.1) is 23.2 Å². The number of nitrogens with one attached hydrogen (secondary N) is 1. The van der Waals surface area contributed by atoms with Crippen LogP contribution >= 0.6 is 23.2 Å². The molecule has 0 heterocycles. The first-order valence-corrected chi connectivity index (χ1v) is 7.26. The molecule has 0 aliphatic rings. The van der Waals surface area contributed by atoms with E-state index in [9.17, 15) is 0 Å². The maximum absolute atomic E-state index is 9.07. The highest BCUT2D eigenvalue weighted by Crippen LogP contribution is 2.33. The molecular weight excluding hydrogens is 301 g/mol. The van der Waals surface area contributed by atoms with Crippen LogP contribution in [0.15, 0.2) is 12.1 Å². The molecule has 1 aromatic rings. The Balaban J connectivity index is 2.93.